The number of amides is 2. The number of hydrogen-bond acceptors (Lipinski definition) is 7. The quantitative estimate of drug-likeness (QED) is 0.356. The topological polar surface area (TPSA) is 172 Å². The summed E-state index contributed by atoms with van der Waals surface area (Å²) < 4.78 is 71.7. The fraction of sp³-hybridized carbons (Fsp3) is 0.190. The van der Waals surface area contributed by atoms with E-state index in [0.29, 0.717) is 10.1 Å². The highest BCUT2D eigenvalue weighted by atomic mass is 32.2. The number of sulfonamides is 1. The molecule has 0 bridgehead atoms. The van der Waals surface area contributed by atoms with E-state index in [4.69, 9.17) is 0 Å². The van der Waals surface area contributed by atoms with Gasteiger partial charge in [-0.25, -0.2) is 13.2 Å². The van der Waals surface area contributed by atoms with Crippen molar-refractivity contribution in [3.05, 3.63) is 80.8 Å². The van der Waals surface area contributed by atoms with Gasteiger partial charge in [-0.15, -0.1) is 0 Å². The molecular formula is C21H17F3N6O6S. The van der Waals surface area contributed by atoms with Crippen LogP contribution in [-0.2, 0) is 31.7 Å². The molecule has 1 atom stereocenters. The first kappa shape index (κ1) is 25.8. The number of aromatic nitrogens is 3. The van der Waals surface area contributed by atoms with Crippen LogP contribution in [-0.4, -0.2) is 40.9 Å². The Bertz CT molecular complexity index is 1620. The molecule has 0 aliphatic carbocycles. The van der Waals surface area contributed by atoms with Gasteiger partial charge < -0.3 is 10.6 Å². The van der Waals surface area contributed by atoms with Crippen molar-refractivity contribution in [2.75, 3.05) is 10.6 Å². The standard InChI is InChI=1S/C21H17F3N6O6S/c1-11(31)26-13-4-6-14(7-5-13)37(35,36)29-20(21(22,23)24)15-16(27-18(20)33)30(19(34)28-17(15)32)10-12-3-2-8-25-9-12/h2-9,29H,10H2,1H3,(H,26,31)(H,27,33)(H,28,32,34)/t20-/m1/s1. The lowest BCUT2D eigenvalue weighted by atomic mass is 9.93. The zero-order valence-corrected chi connectivity index (χ0v) is 19.5. The molecule has 0 fully saturated rings. The van der Waals surface area contributed by atoms with Crippen LogP contribution in [0.15, 0.2) is 63.3 Å². The zero-order chi connectivity index (χ0) is 27.2. The highest BCUT2D eigenvalue weighted by Gasteiger charge is 2.69. The number of carbonyl (C=O) groups excluding carboxylic acids is 2. The number of rotatable bonds is 6. The average Bonchev–Trinajstić information content (AvgIpc) is 3.10. The number of halogens is 3. The SMILES string of the molecule is CC(=O)Nc1ccc(S(=O)(=O)N[C@@]2(C(F)(F)F)C(=O)Nc3c2c(=O)[nH]c(=O)n3Cc2cccnc2)cc1. The van der Waals surface area contributed by atoms with Crippen molar-refractivity contribution in [2.24, 2.45) is 0 Å². The van der Waals surface area contributed by atoms with Crippen molar-refractivity contribution >= 4 is 33.3 Å². The zero-order valence-electron chi connectivity index (χ0n) is 18.7. The second-order valence-electron chi connectivity index (χ2n) is 7.94. The number of nitrogens with one attached hydrogen (secondary N) is 4. The molecule has 0 saturated carbocycles. The van der Waals surface area contributed by atoms with Crippen LogP contribution in [0.2, 0.25) is 0 Å². The van der Waals surface area contributed by atoms with Crippen LogP contribution in [0.3, 0.4) is 0 Å². The Balaban J connectivity index is 1.87. The molecule has 3 aromatic rings. The molecule has 194 valence electrons. The van der Waals surface area contributed by atoms with Crippen molar-refractivity contribution in [3.8, 4) is 0 Å². The van der Waals surface area contributed by atoms with Gasteiger partial charge in [-0.05, 0) is 35.9 Å². The van der Waals surface area contributed by atoms with Gasteiger partial charge in [0.05, 0.1) is 17.0 Å². The number of anilines is 2. The van der Waals surface area contributed by atoms with Crippen molar-refractivity contribution in [3.63, 3.8) is 0 Å². The average molecular weight is 538 g/mol. The fourth-order valence-electron chi connectivity index (χ4n) is 3.80. The van der Waals surface area contributed by atoms with Crippen molar-refractivity contribution in [2.45, 2.75) is 30.1 Å². The van der Waals surface area contributed by atoms with Crippen molar-refractivity contribution in [1.29, 1.82) is 0 Å². The molecule has 0 unspecified atom stereocenters. The largest absolute Gasteiger partial charge is 0.421 e. The Kier molecular flexibility index (Phi) is 6.25. The molecule has 12 nitrogen and oxygen atoms in total. The van der Waals surface area contributed by atoms with Gasteiger partial charge in [0.15, 0.2) is 0 Å². The van der Waals surface area contributed by atoms with E-state index in [1.54, 1.807) is 4.98 Å². The van der Waals surface area contributed by atoms with Crippen LogP contribution in [0, 0.1) is 0 Å². The summed E-state index contributed by atoms with van der Waals surface area (Å²) in [7, 11) is -5.10. The molecule has 1 aliphatic heterocycles. The molecule has 2 amide bonds. The van der Waals surface area contributed by atoms with Gasteiger partial charge in [-0.1, -0.05) is 6.07 Å². The minimum absolute atomic E-state index is 0.164. The third-order valence-electron chi connectivity index (χ3n) is 5.41. The van der Waals surface area contributed by atoms with Crippen molar-refractivity contribution < 1.29 is 31.2 Å². The summed E-state index contributed by atoms with van der Waals surface area (Å²) in [5, 5.41) is 4.23. The predicted molar refractivity (Wildman–Crippen MR) is 122 cm³/mol. The molecule has 37 heavy (non-hydrogen) atoms. The van der Waals surface area contributed by atoms with Gasteiger partial charge in [0, 0.05) is 25.0 Å². The molecule has 1 aromatic carbocycles. The summed E-state index contributed by atoms with van der Waals surface area (Å²) in [6.07, 6.45) is -2.93. The number of nitrogens with zero attached hydrogens (tertiary/aromatic N) is 2. The number of aromatic amines is 1. The fourth-order valence-corrected chi connectivity index (χ4v) is 5.12. The lowest BCUT2D eigenvalue weighted by Crippen LogP contribution is -2.61. The number of carbonyl (C=O) groups is 2. The summed E-state index contributed by atoms with van der Waals surface area (Å²) in [4.78, 5) is 54.0. The summed E-state index contributed by atoms with van der Waals surface area (Å²) in [6.45, 7) is 0.804. The molecule has 0 saturated heterocycles. The van der Waals surface area contributed by atoms with Crippen LogP contribution in [0.25, 0.3) is 0 Å². The van der Waals surface area contributed by atoms with Gasteiger partial charge >= 0.3 is 11.9 Å². The highest BCUT2D eigenvalue weighted by molar-refractivity contribution is 7.89. The van der Waals surface area contributed by atoms with E-state index in [-0.39, 0.29) is 5.69 Å². The van der Waals surface area contributed by atoms with Crippen LogP contribution in [0.4, 0.5) is 24.7 Å². The van der Waals surface area contributed by atoms with Crippen LogP contribution >= 0.6 is 0 Å². The van der Waals surface area contributed by atoms with Crippen LogP contribution < -0.4 is 26.6 Å². The molecular weight excluding hydrogens is 521 g/mol. The lowest BCUT2D eigenvalue weighted by Gasteiger charge is -2.29. The smallest absolute Gasteiger partial charge is 0.326 e. The first-order chi connectivity index (χ1) is 17.3. The normalized spacial score (nSPS) is 17.2. The van der Waals surface area contributed by atoms with Gasteiger partial charge in [0.2, 0.25) is 21.5 Å². The highest BCUT2D eigenvalue weighted by Crippen LogP contribution is 2.45. The Labute approximate surface area is 205 Å². The second-order valence-corrected chi connectivity index (χ2v) is 9.63. The molecule has 2 aromatic heterocycles. The molecule has 1 aliphatic rings. The van der Waals surface area contributed by atoms with E-state index >= 15 is 0 Å². The maximum Gasteiger partial charge on any atom is 0.421 e. The number of benzene rings is 1. The maximum absolute atomic E-state index is 14.6. The molecule has 4 N–H and O–H groups in total. The molecule has 4 rings (SSSR count). The third-order valence-corrected chi connectivity index (χ3v) is 6.88. The van der Waals surface area contributed by atoms with E-state index < -0.39 is 67.6 Å². The molecule has 0 spiro atoms. The van der Waals surface area contributed by atoms with E-state index in [1.807, 2.05) is 5.32 Å². The van der Waals surface area contributed by atoms with Gasteiger partial charge in [0.25, 0.3) is 11.5 Å². The van der Waals surface area contributed by atoms with E-state index in [1.165, 1.54) is 36.2 Å². The number of pyridine rings is 1. The first-order valence-electron chi connectivity index (χ1n) is 10.3. The van der Waals surface area contributed by atoms with E-state index in [9.17, 15) is 40.8 Å². The molecule has 16 heteroatoms. The minimum Gasteiger partial charge on any atom is -0.326 e. The Morgan fingerprint density at radius 1 is 1.14 bits per heavy atom. The number of alkyl halides is 3. The summed E-state index contributed by atoms with van der Waals surface area (Å²) >= 11 is 0. The maximum atomic E-state index is 14.6. The molecule has 0 radical (unpaired) electrons. The minimum atomic E-state index is -5.66. The molecule has 3 heterocycles. The third kappa shape index (κ3) is 4.51. The van der Waals surface area contributed by atoms with Crippen molar-refractivity contribution in [1.82, 2.24) is 19.3 Å². The number of H-pyrrole nitrogens is 1. The Morgan fingerprint density at radius 2 is 1.81 bits per heavy atom. The van der Waals surface area contributed by atoms with Gasteiger partial charge in [-0.2, -0.15) is 17.9 Å². The Morgan fingerprint density at radius 3 is 2.38 bits per heavy atom. The van der Waals surface area contributed by atoms with Crippen LogP contribution in [0.1, 0.15) is 18.1 Å². The van der Waals surface area contributed by atoms with E-state index in [2.05, 4.69) is 10.3 Å². The number of hydrogen-bond donors (Lipinski definition) is 4. The first-order valence-corrected chi connectivity index (χ1v) is 11.8. The summed E-state index contributed by atoms with van der Waals surface area (Å²) in [5.74, 6) is -3.21. The van der Waals surface area contributed by atoms with Gasteiger partial charge in [-0.3, -0.25) is 28.9 Å². The predicted octanol–water partition coefficient (Wildman–Crippen LogP) is 0.626. The Hall–Kier alpha value is -4.31. The van der Waals surface area contributed by atoms with Gasteiger partial charge in [0.1, 0.15) is 5.82 Å². The lowest BCUT2D eigenvalue weighted by molar-refractivity contribution is -0.194. The monoisotopic (exact) mass is 538 g/mol. The number of fused-ring (bicyclic) bond motifs is 1. The van der Waals surface area contributed by atoms with E-state index in [0.717, 1.165) is 24.3 Å². The summed E-state index contributed by atoms with van der Waals surface area (Å²) in [5.41, 5.74) is -7.64. The second kappa shape index (κ2) is 8.97. The van der Waals surface area contributed by atoms with Crippen LogP contribution in [0.5, 0.6) is 0 Å². The summed E-state index contributed by atoms with van der Waals surface area (Å²) in [6, 6.07) is 7.04.